The summed E-state index contributed by atoms with van der Waals surface area (Å²) in [6, 6.07) is 15.4. The molecule has 5 nitrogen and oxygen atoms in total. The number of piperazine rings is 1. The summed E-state index contributed by atoms with van der Waals surface area (Å²) < 4.78 is 0. The second-order valence-corrected chi connectivity index (χ2v) is 6.83. The molecule has 0 saturated carbocycles. The summed E-state index contributed by atoms with van der Waals surface area (Å²) in [7, 11) is 2.04. The molecule has 0 unspecified atom stereocenters. The molecule has 0 aliphatic carbocycles. The van der Waals surface area contributed by atoms with Crippen molar-refractivity contribution in [1.29, 1.82) is 0 Å². The Labute approximate surface area is 158 Å². The first-order chi connectivity index (χ1) is 12.6. The first kappa shape index (κ1) is 18.4. The standard InChI is InChI=1S/C20H22ClN3O2/c1-23-11-13-24(14-12-23)20(26)18(15-7-3-2-4-8-15)22-19(25)16-9-5-6-10-17(16)21/h2-10,18H,11-14H2,1H3,(H,22,25)/t18-/m0/s1. The van der Waals surface area contributed by atoms with Crippen LogP contribution in [0.1, 0.15) is 22.0 Å². The molecule has 1 heterocycles. The van der Waals surface area contributed by atoms with E-state index >= 15 is 0 Å². The maximum atomic E-state index is 13.1. The molecule has 1 saturated heterocycles. The number of nitrogens with zero attached hydrogens (tertiary/aromatic N) is 2. The zero-order valence-corrected chi connectivity index (χ0v) is 15.4. The first-order valence-corrected chi connectivity index (χ1v) is 9.01. The Bertz CT molecular complexity index is 774. The molecule has 136 valence electrons. The fraction of sp³-hybridized carbons (Fsp3) is 0.300. The van der Waals surface area contributed by atoms with Crippen molar-refractivity contribution >= 4 is 23.4 Å². The van der Waals surface area contributed by atoms with Gasteiger partial charge in [0.05, 0.1) is 10.6 Å². The molecule has 1 fully saturated rings. The van der Waals surface area contributed by atoms with Gasteiger partial charge in [-0.15, -0.1) is 0 Å². The fourth-order valence-corrected chi connectivity index (χ4v) is 3.22. The zero-order valence-electron chi connectivity index (χ0n) is 14.7. The number of halogens is 1. The Hall–Kier alpha value is -2.37. The lowest BCUT2D eigenvalue weighted by Gasteiger charge is -2.35. The molecule has 3 rings (SSSR count). The van der Waals surface area contributed by atoms with E-state index < -0.39 is 6.04 Å². The van der Waals surface area contributed by atoms with Crippen LogP contribution in [0.25, 0.3) is 0 Å². The number of carbonyl (C=O) groups excluding carboxylic acids is 2. The topological polar surface area (TPSA) is 52.6 Å². The minimum Gasteiger partial charge on any atom is -0.338 e. The van der Waals surface area contributed by atoms with Crippen LogP contribution in [0.2, 0.25) is 5.02 Å². The molecule has 2 aromatic carbocycles. The van der Waals surface area contributed by atoms with Gasteiger partial charge >= 0.3 is 0 Å². The molecule has 1 N–H and O–H groups in total. The quantitative estimate of drug-likeness (QED) is 0.898. The van der Waals surface area contributed by atoms with Gasteiger partial charge in [0.1, 0.15) is 6.04 Å². The maximum Gasteiger partial charge on any atom is 0.253 e. The molecule has 0 aromatic heterocycles. The van der Waals surface area contributed by atoms with Crippen LogP contribution in [0.4, 0.5) is 0 Å². The van der Waals surface area contributed by atoms with Gasteiger partial charge in [0.25, 0.3) is 5.91 Å². The lowest BCUT2D eigenvalue weighted by atomic mass is 10.0. The van der Waals surface area contributed by atoms with Crippen molar-refractivity contribution in [3.8, 4) is 0 Å². The summed E-state index contributed by atoms with van der Waals surface area (Å²) in [5.74, 6) is -0.448. The summed E-state index contributed by atoms with van der Waals surface area (Å²) in [5, 5.41) is 3.24. The molecule has 2 amide bonds. The van der Waals surface area contributed by atoms with Gasteiger partial charge in [-0.3, -0.25) is 9.59 Å². The maximum absolute atomic E-state index is 13.1. The lowest BCUT2D eigenvalue weighted by molar-refractivity contribution is -0.135. The number of benzene rings is 2. The molecule has 2 aromatic rings. The first-order valence-electron chi connectivity index (χ1n) is 8.64. The van der Waals surface area contributed by atoms with Crippen LogP contribution in [-0.4, -0.2) is 54.8 Å². The van der Waals surface area contributed by atoms with Gasteiger partial charge in [0.2, 0.25) is 5.91 Å². The Morgan fingerprint density at radius 1 is 0.962 bits per heavy atom. The van der Waals surface area contributed by atoms with Gasteiger partial charge in [0.15, 0.2) is 0 Å². The van der Waals surface area contributed by atoms with Crippen LogP contribution in [0.3, 0.4) is 0 Å². The number of amides is 2. The summed E-state index contributed by atoms with van der Waals surface area (Å²) in [6.07, 6.45) is 0. The van der Waals surface area contributed by atoms with Crippen LogP contribution in [0.15, 0.2) is 54.6 Å². The minimum absolute atomic E-state index is 0.0929. The van der Waals surface area contributed by atoms with Crippen molar-refractivity contribution in [3.05, 3.63) is 70.7 Å². The van der Waals surface area contributed by atoms with Crippen LogP contribution >= 0.6 is 11.6 Å². The van der Waals surface area contributed by atoms with E-state index in [0.717, 1.165) is 18.7 Å². The Morgan fingerprint density at radius 3 is 2.23 bits per heavy atom. The third-order valence-corrected chi connectivity index (χ3v) is 4.92. The van der Waals surface area contributed by atoms with E-state index in [1.165, 1.54) is 0 Å². The zero-order chi connectivity index (χ0) is 18.5. The van der Waals surface area contributed by atoms with Crippen molar-refractivity contribution in [2.75, 3.05) is 33.2 Å². The van der Waals surface area contributed by atoms with Crippen LogP contribution in [-0.2, 0) is 4.79 Å². The molecule has 1 aliphatic heterocycles. The van der Waals surface area contributed by atoms with E-state index in [1.54, 1.807) is 24.3 Å². The van der Waals surface area contributed by atoms with E-state index in [9.17, 15) is 9.59 Å². The Morgan fingerprint density at radius 2 is 1.58 bits per heavy atom. The van der Waals surface area contributed by atoms with E-state index in [0.29, 0.717) is 23.7 Å². The highest BCUT2D eigenvalue weighted by Gasteiger charge is 2.29. The second-order valence-electron chi connectivity index (χ2n) is 6.43. The lowest BCUT2D eigenvalue weighted by Crippen LogP contribution is -2.51. The fourth-order valence-electron chi connectivity index (χ4n) is 3.00. The smallest absolute Gasteiger partial charge is 0.253 e. The van der Waals surface area contributed by atoms with Crippen LogP contribution in [0.5, 0.6) is 0 Å². The molecular weight excluding hydrogens is 350 g/mol. The number of rotatable bonds is 4. The van der Waals surface area contributed by atoms with Gasteiger partial charge in [-0.2, -0.15) is 0 Å². The third-order valence-electron chi connectivity index (χ3n) is 4.59. The summed E-state index contributed by atoms with van der Waals surface area (Å²) >= 11 is 6.13. The Kier molecular flexibility index (Phi) is 5.91. The number of likely N-dealkylation sites (N-methyl/N-ethyl adjacent to an activating group) is 1. The van der Waals surface area contributed by atoms with E-state index in [4.69, 9.17) is 11.6 Å². The number of hydrogen-bond acceptors (Lipinski definition) is 3. The van der Waals surface area contributed by atoms with E-state index in [2.05, 4.69) is 10.2 Å². The number of carbonyl (C=O) groups is 2. The van der Waals surface area contributed by atoms with Crippen molar-refractivity contribution in [1.82, 2.24) is 15.1 Å². The number of hydrogen-bond donors (Lipinski definition) is 1. The van der Waals surface area contributed by atoms with Gasteiger partial charge < -0.3 is 15.1 Å². The summed E-state index contributed by atoms with van der Waals surface area (Å²) in [6.45, 7) is 2.96. The highest BCUT2D eigenvalue weighted by molar-refractivity contribution is 6.33. The molecule has 1 atom stereocenters. The van der Waals surface area contributed by atoms with Crippen molar-refractivity contribution in [2.24, 2.45) is 0 Å². The molecular formula is C20H22ClN3O2. The predicted octanol–water partition coefficient (Wildman–Crippen LogP) is 2.59. The molecule has 0 radical (unpaired) electrons. The van der Waals surface area contributed by atoms with E-state index in [1.807, 2.05) is 42.3 Å². The van der Waals surface area contributed by atoms with Gasteiger partial charge in [-0.05, 0) is 24.7 Å². The highest BCUT2D eigenvalue weighted by atomic mass is 35.5. The van der Waals surface area contributed by atoms with Crippen LogP contribution in [0, 0.1) is 0 Å². The predicted molar refractivity (Wildman–Crippen MR) is 102 cm³/mol. The van der Waals surface area contributed by atoms with E-state index in [-0.39, 0.29) is 11.8 Å². The normalized spacial score (nSPS) is 16.2. The second kappa shape index (κ2) is 8.34. The SMILES string of the molecule is CN1CCN(C(=O)[C@@H](NC(=O)c2ccccc2Cl)c2ccccc2)CC1. The van der Waals surface area contributed by atoms with Crippen molar-refractivity contribution < 1.29 is 9.59 Å². The monoisotopic (exact) mass is 371 g/mol. The van der Waals surface area contributed by atoms with Gasteiger partial charge in [-0.1, -0.05) is 54.1 Å². The average molecular weight is 372 g/mol. The molecule has 0 bridgehead atoms. The molecule has 26 heavy (non-hydrogen) atoms. The third kappa shape index (κ3) is 4.23. The number of nitrogens with one attached hydrogen (secondary N) is 1. The molecule has 6 heteroatoms. The van der Waals surface area contributed by atoms with Crippen molar-refractivity contribution in [2.45, 2.75) is 6.04 Å². The van der Waals surface area contributed by atoms with Gasteiger partial charge in [-0.25, -0.2) is 0 Å². The molecule has 0 spiro atoms. The van der Waals surface area contributed by atoms with Crippen molar-refractivity contribution in [3.63, 3.8) is 0 Å². The minimum atomic E-state index is -0.733. The largest absolute Gasteiger partial charge is 0.338 e. The van der Waals surface area contributed by atoms with Gasteiger partial charge in [0, 0.05) is 26.2 Å². The molecule has 1 aliphatic rings. The highest BCUT2D eigenvalue weighted by Crippen LogP contribution is 2.20. The summed E-state index contributed by atoms with van der Waals surface area (Å²) in [5.41, 5.74) is 1.12. The Balaban J connectivity index is 1.83. The van der Waals surface area contributed by atoms with Crippen LogP contribution < -0.4 is 5.32 Å². The summed E-state index contributed by atoms with van der Waals surface area (Å²) in [4.78, 5) is 29.8. The average Bonchev–Trinajstić information content (AvgIpc) is 2.67.